The van der Waals surface area contributed by atoms with Gasteiger partial charge in [-0.1, -0.05) is 24.3 Å². The van der Waals surface area contributed by atoms with Crippen molar-refractivity contribution in [2.45, 2.75) is 63.0 Å². The molecule has 5 nitrogen and oxygen atoms in total. The van der Waals surface area contributed by atoms with Crippen LogP contribution in [0.25, 0.3) is 0 Å². The molecule has 1 aromatic carbocycles. The van der Waals surface area contributed by atoms with Gasteiger partial charge in [0.25, 0.3) is 0 Å². The molecule has 0 bridgehead atoms. The van der Waals surface area contributed by atoms with E-state index >= 15 is 0 Å². The normalized spacial score (nSPS) is 27.8. The number of esters is 1. The summed E-state index contributed by atoms with van der Waals surface area (Å²) in [4.78, 5) is 29.9. The topological polar surface area (TPSA) is 49.9 Å². The molecule has 0 aromatic heterocycles. The lowest BCUT2D eigenvalue weighted by Gasteiger charge is -2.32. The average Bonchev–Trinajstić information content (AvgIpc) is 3.36. The molecule has 28 heavy (non-hydrogen) atoms. The number of rotatable bonds is 2. The van der Waals surface area contributed by atoms with E-state index < -0.39 is 5.60 Å². The van der Waals surface area contributed by atoms with Crippen molar-refractivity contribution in [1.29, 1.82) is 0 Å². The lowest BCUT2D eigenvalue weighted by molar-refractivity contribution is -0.151. The van der Waals surface area contributed by atoms with Crippen LogP contribution in [-0.4, -0.2) is 59.5 Å². The summed E-state index contributed by atoms with van der Waals surface area (Å²) in [6.45, 7) is 3.55. The van der Waals surface area contributed by atoms with Crippen molar-refractivity contribution in [2.24, 2.45) is 5.92 Å². The first-order valence-electron chi connectivity index (χ1n) is 11.0. The number of hydrogen-bond donors (Lipinski definition) is 0. The van der Waals surface area contributed by atoms with E-state index in [2.05, 4.69) is 29.2 Å². The molecule has 1 saturated carbocycles. The zero-order valence-electron chi connectivity index (χ0n) is 16.6. The van der Waals surface area contributed by atoms with Crippen molar-refractivity contribution >= 4 is 11.9 Å². The molecule has 4 aliphatic rings. The van der Waals surface area contributed by atoms with E-state index in [-0.39, 0.29) is 24.2 Å². The Kier molecular flexibility index (Phi) is 4.66. The number of hydrogen-bond acceptors (Lipinski definition) is 4. The Bertz CT molecular complexity index is 746. The number of fused-ring (bicyclic) bond motifs is 1. The van der Waals surface area contributed by atoms with Gasteiger partial charge in [-0.3, -0.25) is 14.5 Å². The molecule has 5 rings (SSSR count). The Balaban J connectivity index is 1.24. The number of amides is 1. The highest BCUT2D eigenvalue weighted by molar-refractivity contribution is 5.88. The van der Waals surface area contributed by atoms with Crippen LogP contribution in [0.4, 0.5) is 0 Å². The minimum Gasteiger partial charge on any atom is -0.458 e. The number of benzene rings is 1. The standard InChI is InChI=1S/C23H30N2O3/c26-21-16-20(23(28-21)8-3-4-9-23)22(27)25-11-5-10-24(12-13-25)19-14-17-6-1-2-7-18(17)15-19/h1-2,6-7,19-20H,3-5,8-16H2. The van der Waals surface area contributed by atoms with Gasteiger partial charge >= 0.3 is 5.97 Å². The largest absolute Gasteiger partial charge is 0.458 e. The molecule has 1 atom stereocenters. The van der Waals surface area contributed by atoms with Crippen LogP contribution in [0, 0.1) is 5.92 Å². The maximum absolute atomic E-state index is 13.3. The summed E-state index contributed by atoms with van der Waals surface area (Å²) in [6, 6.07) is 9.33. The van der Waals surface area contributed by atoms with Crippen LogP contribution in [0.2, 0.25) is 0 Å². The van der Waals surface area contributed by atoms with Crippen molar-refractivity contribution in [2.75, 3.05) is 26.2 Å². The van der Waals surface area contributed by atoms with Gasteiger partial charge < -0.3 is 9.64 Å². The molecule has 0 N–H and O–H groups in total. The molecule has 1 unspecified atom stereocenters. The summed E-state index contributed by atoms with van der Waals surface area (Å²) in [7, 11) is 0. The fourth-order valence-corrected chi connectivity index (χ4v) is 5.97. The van der Waals surface area contributed by atoms with Gasteiger partial charge in [0.1, 0.15) is 5.60 Å². The van der Waals surface area contributed by atoms with Gasteiger partial charge in [0.2, 0.25) is 5.91 Å². The molecule has 2 aliphatic heterocycles. The first-order chi connectivity index (χ1) is 13.6. The molecule has 2 aliphatic carbocycles. The van der Waals surface area contributed by atoms with Gasteiger partial charge in [0.05, 0.1) is 12.3 Å². The van der Waals surface area contributed by atoms with E-state index in [1.807, 2.05) is 4.90 Å². The number of carbonyl (C=O) groups excluding carboxylic acids is 2. The number of carbonyl (C=O) groups is 2. The highest BCUT2D eigenvalue weighted by Crippen LogP contribution is 2.46. The van der Waals surface area contributed by atoms with Crippen LogP contribution < -0.4 is 0 Å². The summed E-state index contributed by atoms with van der Waals surface area (Å²) < 4.78 is 5.71. The number of ether oxygens (including phenoxy) is 1. The minimum absolute atomic E-state index is 0.157. The van der Waals surface area contributed by atoms with Crippen molar-refractivity contribution in [1.82, 2.24) is 9.80 Å². The Morgan fingerprint density at radius 2 is 1.64 bits per heavy atom. The van der Waals surface area contributed by atoms with Crippen molar-refractivity contribution in [3.63, 3.8) is 0 Å². The second-order valence-electron chi connectivity index (χ2n) is 9.05. The Morgan fingerprint density at radius 1 is 0.929 bits per heavy atom. The van der Waals surface area contributed by atoms with Gasteiger partial charge in [0.15, 0.2) is 0 Å². The highest BCUT2D eigenvalue weighted by atomic mass is 16.6. The predicted octanol–water partition coefficient (Wildman–Crippen LogP) is 2.56. The second kappa shape index (κ2) is 7.18. The van der Waals surface area contributed by atoms with Crippen LogP contribution in [0.3, 0.4) is 0 Å². The predicted molar refractivity (Wildman–Crippen MR) is 106 cm³/mol. The van der Waals surface area contributed by atoms with Gasteiger partial charge in [-0.2, -0.15) is 0 Å². The summed E-state index contributed by atoms with van der Waals surface area (Å²) in [6.07, 6.45) is 7.37. The Labute approximate surface area is 167 Å². The van der Waals surface area contributed by atoms with Crippen LogP contribution in [-0.2, 0) is 27.2 Å². The molecule has 150 valence electrons. The molecule has 2 heterocycles. The molecule has 1 amide bonds. The van der Waals surface area contributed by atoms with E-state index in [1.54, 1.807) is 0 Å². The third kappa shape index (κ3) is 3.14. The second-order valence-corrected chi connectivity index (χ2v) is 9.05. The fourth-order valence-electron chi connectivity index (χ4n) is 5.97. The smallest absolute Gasteiger partial charge is 0.307 e. The van der Waals surface area contributed by atoms with Crippen molar-refractivity contribution in [3.05, 3.63) is 35.4 Å². The van der Waals surface area contributed by atoms with Crippen molar-refractivity contribution < 1.29 is 14.3 Å². The Morgan fingerprint density at radius 3 is 2.36 bits per heavy atom. The van der Waals surface area contributed by atoms with Gasteiger partial charge in [-0.15, -0.1) is 0 Å². The zero-order valence-corrected chi connectivity index (χ0v) is 16.6. The van der Waals surface area contributed by atoms with Crippen molar-refractivity contribution in [3.8, 4) is 0 Å². The fraction of sp³-hybridized carbons (Fsp3) is 0.652. The highest BCUT2D eigenvalue weighted by Gasteiger charge is 2.54. The van der Waals surface area contributed by atoms with E-state index in [1.165, 1.54) is 11.1 Å². The SMILES string of the molecule is O=C1CC(C(=O)N2CCCN(C3Cc4ccccc4C3)CC2)C2(CCCC2)O1. The molecular weight excluding hydrogens is 352 g/mol. The lowest BCUT2D eigenvalue weighted by atomic mass is 9.84. The molecule has 2 saturated heterocycles. The summed E-state index contributed by atoms with van der Waals surface area (Å²) >= 11 is 0. The maximum Gasteiger partial charge on any atom is 0.307 e. The summed E-state index contributed by atoms with van der Waals surface area (Å²) in [5, 5.41) is 0. The molecule has 5 heteroatoms. The average molecular weight is 383 g/mol. The quantitative estimate of drug-likeness (QED) is 0.738. The summed E-state index contributed by atoms with van der Waals surface area (Å²) in [5.41, 5.74) is 2.47. The molecule has 3 fully saturated rings. The third-order valence-corrected chi connectivity index (χ3v) is 7.46. The van der Waals surface area contributed by atoms with Crippen LogP contribution in [0.5, 0.6) is 0 Å². The third-order valence-electron chi connectivity index (χ3n) is 7.46. The zero-order chi connectivity index (χ0) is 19.1. The molecular formula is C23H30N2O3. The van der Waals surface area contributed by atoms with Crippen LogP contribution in [0.1, 0.15) is 49.7 Å². The van der Waals surface area contributed by atoms with Gasteiger partial charge in [-0.25, -0.2) is 0 Å². The van der Waals surface area contributed by atoms with Gasteiger partial charge in [-0.05, 0) is 56.1 Å². The molecule has 0 radical (unpaired) electrons. The van der Waals surface area contributed by atoms with Crippen LogP contribution in [0.15, 0.2) is 24.3 Å². The molecule has 1 spiro atoms. The first-order valence-corrected chi connectivity index (χ1v) is 11.0. The van der Waals surface area contributed by atoms with E-state index in [0.29, 0.717) is 6.04 Å². The van der Waals surface area contributed by atoms with Gasteiger partial charge in [0, 0.05) is 32.2 Å². The van der Waals surface area contributed by atoms with E-state index in [0.717, 1.165) is 71.1 Å². The first kappa shape index (κ1) is 18.2. The minimum atomic E-state index is -0.493. The number of nitrogens with zero attached hydrogens (tertiary/aromatic N) is 2. The monoisotopic (exact) mass is 382 g/mol. The Hall–Kier alpha value is -1.88. The summed E-state index contributed by atoms with van der Waals surface area (Å²) in [5.74, 6) is -0.283. The van der Waals surface area contributed by atoms with Crippen LogP contribution >= 0.6 is 0 Å². The van der Waals surface area contributed by atoms with E-state index in [4.69, 9.17) is 4.74 Å². The maximum atomic E-state index is 13.3. The van der Waals surface area contributed by atoms with E-state index in [9.17, 15) is 9.59 Å². The molecule has 1 aromatic rings. The lowest BCUT2D eigenvalue weighted by Crippen LogP contribution is -2.46.